The number of hydrogen-bond donors (Lipinski definition) is 2. The summed E-state index contributed by atoms with van der Waals surface area (Å²) in [6, 6.07) is 4.21. The largest absolute Gasteiger partial charge is 0.493 e. The molecule has 1 aliphatic rings. The predicted molar refractivity (Wildman–Crippen MR) is 80.2 cm³/mol. The van der Waals surface area contributed by atoms with Gasteiger partial charge in [0.25, 0.3) is 5.91 Å². The summed E-state index contributed by atoms with van der Waals surface area (Å²) < 4.78 is 33.8. The number of piperidine rings is 1. The number of amides is 1. The molecule has 1 heterocycles. The molecule has 2 N–H and O–H groups in total. The van der Waals surface area contributed by atoms with Crippen LogP contribution in [0.25, 0.3) is 0 Å². The van der Waals surface area contributed by atoms with Gasteiger partial charge in [0, 0.05) is 18.2 Å². The average molecular weight is 337 g/mol. The van der Waals surface area contributed by atoms with Gasteiger partial charge < -0.3 is 20.1 Å². The van der Waals surface area contributed by atoms with Gasteiger partial charge in [-0.2, -0.15) is 8.78 Å². The molecule has 0 aromatic heterocycles. The van der Waals surface area contributed by atoms with E-state index in [0.717, 1.165) is 25.9 Å². The SMILES string of the molecule is COc1cc(C(=O)NC2CCCNC2)ccc1OC(F)F.Cl. The normalized spacial score (nSPS) is 17.5. The Morgan fingerprint density at radius 1 is 1.41 bits per heavy atom. The zero-order valence-corrected chi connectivity index (χ0v) is 12.9. The van der Waals surface area contributed by atoms with Gasteiger partial charge in [0.2, 0.25) is 0 Å². The lowest BCUT2D eigenvalue weighted by atomic mass is 10.1. The molecule has 1 unspecified atom stereocenters. The number of halogens is 3. The maximum Gasteiger partial charge on any atom is 0.387 e. The third kappa shape index (κ3) is 4.99. The van der Waals surface area contributed by atoms with E-state index in [-0.39, 0.29) is 35.9 Å². The Morgan fingerprint density at radius 2 is 2.18 bits per heavy atom. The van der Waals surface area contributed by atoms with Crippen molar-refractivity contribution < 1.29 is 23.0 Å². The van der Waals surface area contributed by atoms with Crippen LogP contribution in [0.4, 0.5) is 8.78 Å². The first-order chi connectivity index (χ1) is 10.1. The van der Waals surface area contributed by atoms with Gasteiger partial charge in [0.15, 0.2) is 11.5 Å². The van der Waals surface area contributed by atoms with E-state index in [1.165, 1.54) is 25.3 Å². The summed E-state index contributed by atoms with van der Waals surface area (Å²) in [4.78, 5) is 12.1. The van der Waals surface area contributed by atoms with E-state index in [0.29, 0.717) is 5.56 Å². The van der Waals surface area contributed by atoms with Crippen LogP contribution >= 0.6 is 12.4 Å². The van der Waals surface area contributed by atoms with Crippen LogP contribution in [0.5, 0.6) is 11.5 Å². The fourth-order valence-corrected chi connectivity index (χ4v) is 2.25. The van der Waals surface area contributed by atoms with Crippen LogP contribution in [-0.4, -0.2) is 38.8 Å². The standard InChI is InChI=1S/C14H18F2N2O3.ClH/c1-20-12-7-9(4-5-11(12)21-14(15)16)13(19)18-10-3-2-6-17-8-10;/h4-5,7,10,14,17H,2-3,6,8H2,1H3,(H,18,19);1H. The molecule has 0 radical (unpaired) electrons. The number of rotatable bonds is 5. The summed E-state index contributed by atoms with van der Waals surface area (Å²) >= 11 is 0. The van der Waals surface area contributed by atoms with Crippen LogP contribution < -0.4 is 20.1 Å². The van der Waals surface area contributed by atoms with Gasteiger partial charge >= 0.3 is 6.61 Å². The Balaban J connectivity index is 0.00000242. The molecular formula is C14H19ClF2N2O3. The number of nitrogens with one attached hydrogen (secondary N) is 2. The molecule has 124 valence electrons. The summed E-state index contributed by atoms with van der Waals surface area (Å²) in [5, 5.41) is 6.10. The van der Waals surface area contributed by atoms with Crippen LogP contribution in [0.3, 0.4) is 0 Å². The molecule has 5 nitrogen and oxygen atoms in total. The second kappa shape index (κ2) is 8.75. The highest BCUT2D eigenvalue weighted by atomic mass is 35.5. The van der Waals surface area contributed by atoms with E-state index in [4.69, 9.17) is 4.74 Å². The molecule has 1 aliphatic heterocycles. The second-order valence-corrected chi connectivity index (χ2v) is 4.76. The van der Waals surface area contributed by atoms with Gasteiger partial charge in [-0.05, 0) is 37.6 Å². The highest BCUT2D eigenvalue weighted by Gasteiger charge is 2.18. The first-order valence-corrected chi connectivity index (χ1v) is 6.74. The van der Waals surface area contributed by atoms with Crippen LogP contribution in [0.15, 0.2) is 18.2 Å². The van der Waals surface area contributed by atoms with E-state index in [1.807, 2.05) is 0 Å². The fourth-order valence-electron chi connectivity index (χ4n) is 2.25. The van der Waals surface area contributed by atoms with Crippen molar-refractivity contribution in [1.29, 1.82) is 0 Å². The highest BCUT2D eigenvalue weighted by Crippen LogP contribution is 2.29. The lowest BCUT2D eigenvalue weighted by Gasteiger charge is -2.24. The molecular weight excluding hydrogens is 318 g/mol. The Hall–Kier alpha value is -1.60. The molecule has 1 aromatic carbocycles. The minimum atomic E-state index is -2.94. The minimum absolute atomic E-state index is 0. The maximum atomic E-state index is 12.2. The average Bonchev–Trinajstić information content (AvgIpc) is 2.48. The lowest BCUT2D eigenvalue weighted by molar-refractivity contribution is -0.0512. The molecule has 0 saturated carbocycles. The Bertz CT molecular complexity index is 497. The summed E-state index contributed by atoms with van der Waals surface area (Å²) in [5.41, 5.74) is 0.346. The predicted octanol–water partition coefficient (Wildman–Crippen LogP) is 2.20. The number of methoxy groups -OCH3 is 1. The van der Waals surface area contributed by atoms with Gasteiger partial charge in [-0.15, -0.1) is 12.4 Å². The molecule has 1 aromatic rings. The topological polar surface area (TPSA) is 59.6 Å². The molecule has 1 amide bonds. The van der Waals surface area contributed by atoms with E-state index < -0.39 is 6.61 Å². The number of hydrogen-bond acceptors (Lipinski definition) is 4. The smallest absolute Gasteiger partial charge is 0.387 e. The van der Waals surface area contributed by atoms with E-state index in [1.54, 1.807) is 0 Å². The summed E-state index contributed by atoms with van der Waals surface area (Å²) in [6.45, 7) is -1.25. The summed E-state index contributed by atoms with van der Waals surface area (Å²) in [7, 11) is 1.33. The fraction of sp³-hybridized carbons (Fsp3) is 0.500. The molecule has 1 atom stereocenters. The van der Waals surface area contributed by atoms with Gasteiger partial charge in [-0.1, -0.05) is 0 Å². The van der Waals surface area contributed by atoms with Crippen molar-refractivity contribution in [3.8, 4) is 11.5 Å². The van der Waals surface area contributed by atoms with Crippen LogP contribution in [0, 0.1) is 0 Å². The highest BCUT2D eigenvalue weighted by molar-refractivity contribution is 5.95. The molecule has 22 heavy (non-hydrogen) atoms. The molecule has 0 spiro atoms. The Labute approximate surface area is 133 Å². The van der Waals surface area contributed by atoms with Crippen LogP contribution in [-0.2, 0) is 0 Å². The van der Waals surface area contributed by atoms with Crippen molar-refractivity contribution in [2.75, 3.05) is 20.2 Å². The number of carbonyl (C=O) groups excluding carboxylic acids is 1. The van der Waals surface area contributed by atoms with Gasteiger partial charge in [0.05, 0.1) is 7.11 Å². The third-order valence-electron chi connectivity index (χ3n) is 3.27. The molecule has 8 heteroatoms. The molecule has 1 saturated heterocycles. The third-order valence-corrected chi connectivity index (χ3v) is 3.27. The van der Waals surface area contributed by atoms with Crippen molar-refractivity contribution in [2.45, 2.75) is 25.5 Å². The summed E-state index contributed by atoms with van der Waals surface area (Å²) in [6.07, 6.45) is 1.93. The van der Waals surface area contributed by atoms with E-state index in [2.05, 4.69) is 15.4 Å². The minimum Gasteiger partial charge on any atom is -0.493 e. The molecule has 0 bridgehead atoms. The van der Waals surface area contributed by atoms with E-state index >= 15 is 0 Å². The first-order valence-electron chi connectivity index (χ1n) is 6.74. The monoisotopic (exact) mass is 336 g/mol. The summed E-state index contributed by atoms with van der Waals surface area (Å²) in [5.74, 6) is -0.251. The molecule has 2 rings (SSSR count). The quantitative estimate of drug-likeness (QED) is 0.865. The van der Waals surface area contributed by atoms with Crippen molar-refractivity contribution >= 4 is 18.3 Å². The zero-order chi connectivity index (χ0) is 15.2. The van der Waals surface area contributed by atoms with Gasteiger partial charge in [-0.25, -0.2) is 0 Å². The Kier molecular flexibility index (Phi) is 7.34. The zero-order valence-electron chi connectivity index (χ0n) is 12.1. The number of carbonyl (C=O) groups is 1. The van der Waals surface area contributed by atoms with Crippen molar-refractivity contribution in [3.05, 3.63) is 23.8 Å². The van der Waals surface area contributed by atoms with Gasteiger partial charge in [0.1, 0.15) is 0 Å². The van der Waals surface area contributed by atoms with E-state index in [9.17, 15) is 13.6 Å². The van der Waals surface area contributed by atoms with Crippen LogP contribution in [0.2, 0.25) is 0 Å². The van der Waals surface area contributed by atoms with Crippen molar-refractivity contribution in [2.24, 2.45) is 0 Å². The van der Waals surface area contributed by atoms with Crippen molar-refractivity contribution in [3.63, 3.8) is 0 Å². The lowest BCUT2D eigenvalue weighted by Crippen LogP contribution is -2.45. The maximum absolute atomic E-state index is 12.2. The molecule has 0 aliphatic carbocycles. The Morgan fingerprint density at radius 3 is 2.77 bits per heavy atom. The number of benzene rings is 1. The molecule has 1 fully saturated rings. The number of alkyl halides is 2. The van der Waals surface area contributed by atoms with Gasteiger partial charge in [-0.3, -0.25) is 4.79 Å². The number of ether oxygens (including phenoxy) is 2. The first kappa shape index (κ1) is 18.4. The van der Waals surface area contributed by atoms with Crippen molar-refractivity contribution in [1.82, 2.24) is 10.6 Å². The van der Waals surface area contributed by atoms with Crippen LogP contribution in [0.1, 0.15) is 23.2 Å². The second-order valence-electron chi connectivity index (χ2n) is 4.76.